The zero-order valence-corrected chi connectivity index (χ0v) is 14.7. The average molecular weight is 307 g/mol. The normalized spacial score (nSPS) is 13.0. The molecule has 0 aromatic carbocycles. The Morgan fingerprint density at radius 2 is 1.14 bits per heavy atom. The second kappa shape index (κ2) is 15.1. The van der Waals surface area contributed by atoms with Crippen LogP contribution in [0, 0.1) is 0 Å². The van der Waals surface area contributed by atoms with E-state index in [0.29, 0.717) is 0 Å². The van der Waals surface area contributed by atoms with Crippen LogP contribution in [0.3, 0.4) is 0 Å². The zero-order valence-electron chi connectivity index (χ0n) is 16.7. The summed E-state index contributed by atoms with van der Waals surface area (Å²) in [5.74, 6) is 0. The van der Waals surface area contributed by atoms with Gasteiger partial charge in [0, 0.05) is 21.3 Å². The van der Waals surface area contributed by atoms with Gasteiger partial charge in [-0.05, 0) is 6.42 Å². The molecule has 1 aromatic heterocycles. The van der Waals surface area contributed by atoms with Gasteiger partial charge in [0.25, 0.3) is 0 Å². The molecule has 0 aliphatic carbocycles. The van der Waals surface area contributed by atoms with Crippen molar-refractivity contribution in [3.05, 3.63) is 30.6 Å². The molecule has 0 fully saturated rings. The highest BCUT2D eigenvalue weighted by Crippen LogP contribution is 2.12. The molecule has 0 spiro atoms. The zero-order chi connectivity index (χ0) is 17.5. The smallest absolute Gasteiger partial charge is 0.168 e. The van der Waals surface area contributed by atoms with Crippen molar-refractivity contribution in [1.82, 2.24) is 0 Å². The fourth-order valence-electron chi connectivity index (χ4n) is 2.81. The topological polar surface area (TPSA) is 3.88 Å². The highest BCUT2D eigenvalue weighted by atomic mass is 14.9. The standard InChI is InChI=1S/C21H38N/c1-2-3-4-5-6-7-8-9-10-11-12-13-14-16-19-22-20-17-15-18-21-22/h15,17-18,20-21H,2-14,16,19H2,1H3/q+1/i8D2. The molecule has 0 unspecified atom stereocenters. The Kier molecular flexibility index (Phi) is 11.0. The molecule has 1 nitrogen and oxygen atoms in total. The summed E-state index contributed by atoms with van der Waals surface area (Å²) >= 11 is 0. The number of hydrogen-bond donors (Lipinski definition) is 0. The van der Waals surface area contributed by atoms with E-state index in [-0.39, 0.29) is 0 Å². The summed E-state index contributed by atoms with van der Waals surface area (Å²) < 4.78 is 18.5. The Morgan fingerprint density at radius 3 is 1.73 bits per heavy atom. The first-order chi connectivity index (χ1) is 11.6. The second-order valence-corrected chi connectivity index (χ2v) is 6.40. The maximum Gasteiger partial charge on any atom is 0.168 e. The van der Waals surface area contributed by atoms with Crippen LogP contribution in [0.1, 0.15) is 99.5 Å². The van der Waals surface area contributed by atoms with Gasteiger partial charge in [0.1, 0.15) is 6.54 Å². The quantitative estimate of drug-likeness (QED) is 0.259. The Hall–Kier alpha value is -0.850. The van der Waals surface area contributed by atoms with Crippen molar-refractivity contribution < 1.29 is 7.31 Å². The van der Waals surface area contributed by atoms with Crippen LogP contribution in [0.4, 0.5) is 0 Å². The van der Waals surface area contributed by atoms with Gasteiger partial charge >= 0.3 is 0 Å². The van der Waals surface area contributed by atoms with E-state index in [4.69, 9.17) is 2.74 Å². The van der Waals surface area contributed by atoms with E-state index in [9.17, 15) is 0 Å². The molecule has 0 atom stereocenters. The number of pyridine rings is 1. The van der Waals surface area contributed by atoms with E-state index in [1.165, 1.54) is 57.8 Å². The maximum absolute atomic E-state index is 8.11. The van der Waals surface area contributed by atoms with Crippen LogP contribution in [-0.2, 0) is 6.54 Å². The molecule has 0 radical (unpaired) electrons. The van der Waals surface area contributed by atoms with E-state index in [0.717, 1.165) is 32.2 Å². The summed E-state index contributed by atoms with van der Waals surface area (Å²) in [5.41, 5.74) is 0. The minimum Gasteiger partial charge on any atom is -0.205 e. The Balaban J connectivity index is 1.91. The SMILES string of the molecule is [2H]C([2H])(CCCCCCC)CCCCCCCC[n+]1ccccc1. The van der Waals surface area contributed by atoms with Crippen molar-refractivity contribution in [3.8, 4) is 0 Å². The van der Waals surface area contributed by atoms with Crippen molar-refractivity contribution in [1.29, 1.82) is 0 Å². The molecular formula is C21H38N+. The lowest BCUT2D eigenvalue weighted by Gasteiger charge is -2.02. The van der Waals surface area contributed by atoms with Crippen LogP contribution >= 0.6 is 0 Å². The number of aromatic nitrogens is 1. The van der Waals surface area contributed by atoms with Crippen LogP contribution < -0.4 is 4.57 Å². The van der Waals surface area contributed by atoms with E-state index in [1.807, 2.05) is 0 Å². The maximum atomic E-state index is 8.11. The van der Waals surface area contributed by atoms with Crippen LogP contribution in [0.15, 0.2) is 30.6 Å². The summed E-state index contributed by atoms with van der Waals surface area (Å²) in [6.45, 7) is 3.33. The molecule has 1 rings (SSSR count). The fourth-order valence-corrected chi connectivity index (χ4v) is 2.81. The van der Waals surface area contributed by atoms with E-state index in [2.05, 4.69) is 42.1 Å². The molecule has 0 N–H and O–H groups in total. The van der Waals surface area contributed by atoms with Gasteiger partial charge in [0.15, 0.2) is 12.4 Å². The van der Waals surface area contributed by atoms with Crippen LogP contribution in [-0.4, -0.2) is 0 Å². The lowest BCUT2D eigenvalue weighted by molar-refractivity contribution is -0.697. The number of unbranched alkanes of at least 4 members (excludes halogenated alkanes) is 9. The third-order valence-electron chi connectivity index (χ3n) is 4.25. The van der Waals surface area contributed by atoms with Crippen LogP contribution in [0.25, 0.3) is 0 Å². The van der Waals surface area contributed by atoms with Gasteiger partial charge in [0.2, 0.25) is 0 Å². The number of aryl methyl sites for hydroxylation is 1. The fraction of sp³-hybridized carbons (Fsp3) is 0.762. The summed E-state index contributed by atoms with van der Waals surface area (Å²) in [4.78, 5) is 0. The Labute approximate surface area is 142 Å². The van der Waals surface area contributed by atoms with Gasteiger partial charge < -0.3 is 0 Å². The van der Waals surface area contributed by atoms with Gasteiger partial charge in [0.05, 0.1) is 0 Å². The highest BCUT2D eigenvalue weighted by molar-refractivity contribution is 4.83. The van der Waals surface area contributed by atoms with Gasteiger partial charge in [-0.1, -0.05) is 90.0 Å². The molecule has 1 heterocycles. The summed E-state index contributed by atoms with van der Waals surface area (Å²) in [7, 11) is 0. The van der Waals surface area contributed by atoms with Crippen molar-refractivity contribution in [2.24, 2.45) is 0 Å². The molecule has 0 saturated heterocycles. The molecule has 0 aliphatic heterocycles. The minimum absolute atomic E-state index is 0.751. The van der Waals surface area contributed by atoms with Gasteiger partial charge in [-0.25, -0.2) is 4.57 Å². The highest BCUT2D eigenvalue weighted by Gasteiger charge is 1.98. The van der Waals surface area contributed by atoms with Gasteiger partial charge in [-0.15, -0.1) is 0 Å². The number of nitrogens with zero attached hydrogens (tertiary/aromatic N) is 1. The molecule has 0 saturated carbocycles. The molecule has 22 heavy (non-hydrogen) atoms. The first-order valence-corrected chi connectivity index (χ1v) is 9.58. The summed E-state index contributed by atoms with van der Waals surface area (Å²) in [6.07, 6.45) is 18.2. The van der Waals surface area contributed by atoms with Gasteiger partial charge in [-0.3, -0.25) is 0 Å². The van der Waals surface area contributed by atoms with E-state index in [1.54, 1.807) is 0 Å². The first-order valence-electron chi connectivity index (χ1n) is 10.6. The lowest BCUT2D eigenvalue weighted by Crippen LogP contribution is -2.32. The molecule has 126 valence electrons. The second-order valence-electron chi connectivity index (χ2n) is 6.40. The Morgan fingerprint density at radius 1 is 0.636 bits per heavy atom. The number of hydrogen-bond acceptors (Lipinski definition) is 0. The molecule has 0 amide bonds. The van der Waals surface area contributed by atoms with Crippen LogP contribution in [0.5, 0.6) is 0 Å². The van der Waals surface area contributed by atoms with E-state index < -0.39 is 6.37 Å². The third-order valence-corrected chi connectivity index (χ3v) is 4.25. The van der Waals surface area contributed by atoms with Gasteiger partial charge in [-0.2, -0.15) is 0 Å². The lowest BCUT2D eigenvalue weighted by atomic mass is 10.0. The summed E-state index contributed by atoms with van der Waals surface area (Å²) in [5, 5.41) is 0. The van der Waals surface area contributed by atoms with Crippen molar-refractivity contribution in [2.45, 2.75) is 103 Å². The predicted octanol–water partition coefficient (Wildman–Crippen LogP) is 6.46. The average Bonchev–Trinajstić information content (AvgIpc) is 2.58. The largest absolute Gasteiger partial charge is 0.205 e. The van der Waals surface area contributed by atoms with E-state index >= 15 is 0 Å². The molecule has 0 aliphatic rings. The summed E-state index contributed by atoms with van der Waals surface area (Å²) in [6, 6.07) is 6.22. The van der Waals surface area contributed by atoms with Crippen molar-refractivity contribution >= 4 is 0 Å². The number of rotatable bonds is 15. The molecule has 0 bridgehead atoms. The molecule has 1 aromatic rings. The molecule has 1 heteroatoms. The van der Waals surface area contributed by atoms with Crippen molar-refractivity contribution in [3.63, 3.8) is 0 Å². The minimum atomic E-state index is -0.934. The van der Waals surface area contributed by atoms with Crippen LogP contribution in [0.2, 0.25) is 0 Å². The third kappa shape index (κ3) is 11.8. The monoisotopic (exact) mass is 306 g/mol. The first kappa shape index (κ1) is 16.0. The molecular weight excluding hydrogens is 266 g/mol. The Bertz CT molecular complexity index is 392. The van der Waals surface area contributed by atoms with Crippen molar-refractivity contribution in [2.75, 3.05) is 0 Å². The predicted molar refractivity (Wildman–Crippen MR) is 96.9 cm³/mol.